The highest BCUT2D eigenvalue weighted by Gasteiger charge is 2.17. The number of nitrogens with zero attached hydrogens (tertiary/aromatic N) is 1. The number of hydrogen-bond acceptors (Lipinski definition) is 5. The molecule has 0 atom stereocenters. The van der Waals surface area contributed by atoms with Crippen LogP contribution in [0, 0.1) is 0 Å². The second-order valence-electron chi connectivity index (χ2n) is 4.52. The first kappa shape index (κ1) is 17.0. The van der Waals surface area contributed by atoms with Crippen molar-refractivity contribution < 1.29 is 19.5 Å². The monoisotopic (exact) mass is 281 g/mol. The average Bonchev–Trinajstić information content (AvgIpc) is 2.46. The maximum atomic E-state index is 9.37. The lowest BCUT2D eigenvalue weighted by Crippen LogP contribution is -2.32. The Morgan fingerprint density at radius 3 is 2.55 bits per heavy atom. The van der Waals surface area contributed by atoms with Crippen molar-refractivity contribution in [1.29, 1.82) is 0 Å². The Morgan fingerprint density at radius 1 is 1.25 bits per heavy atom. The fraction of sp³-hybridized carbons (Fsp3) is 0.571. The normalized spacial score (nSPS) is 10.9. The Morgan fingerprint density at radius 2 is 2.00 bits per heavy atom. The van der Waals surface area contributed by atoms with E-state index >= 15 is 0 Å². The second-order valence-corrected chi connectivity index (χ2v) is 4.52. The predicted molar refractivity (Wildman–Crippen MR) is 80.3 cm³/mol. The molecule has 5 nitrogen and oxygen atoms in total. The number of rotatable bonds is 9. The number of benzene rings is 1. The summed E-state index contributed by atoms with van der Waals surface area (Å²) in [6.45, 7) is 8.01. The molecule has 0 aliphatic carbocycles. The smallest absolute Gasteiger partial charge is 0.492 e. The van der Waals surface area contributed by atoms with Gasteiger partial charge in [-0.1, -0.05) is 19.1 Å². The van der Waals surface area contributed by atoms with Crippen molar-refractivity contribution in [3.8, 4) is 5.75 Å². The molecule has 2 N–H and O–H groups in total. The Bertz CT molecular complexity index is 401. The summed E-state index contributed by atoms with van der Waals surface area (Å²) in [4.78, 5) is 2.24. The van der Waals surface area contributed by atoms with Crippen molar-refractivity contribution in [2.75, 3.05) is 33.4 Å². The molecule has 1 aromatic carbocycles. The second kappa shape index (κ2) is 8.97. The van der Waals surface area contributed by atoms with Crippen LogP contribution in [0.15, 0.2) is 18.2 Å². The van der Waals surface area contributed by atoms with Gasteiger partial charge in [-0.2, -0.15) is 0 Å². The van der Waals surface area contributed by atoms with E-state index in [1.54, 1.807) is 12.1 Å². The van der Waals surface area contributed by atoms with Crippen molar-refractivity contribution in [3.63, 3.8) is 0 Å². The van der Waals surface area contributed by atoms with E-state index in [0.717, 1.165) is 31.8 Å². The highest BCUT2D eigenvalue weighted by atomic mass is 16.5. The lowest BCUT2D eigenvalue weighted by Gasteiger charge is -2.21. The van der Waals surface area contributed by atoms with E-state index in [1.165, 1.54) is 7.11 Å². The van der Waals surface area contributed by atoms with Gasteiger partial charge in [0.15, 0.2) is 0 Å². The van der Waals surface area contributed by atoms with Crippen LogP contribution in [0.4, 0.5) is 0 Å². The van der Waals surface area contributed by atoms with Gasteiger partial charge in [-0.15, -0.1) is 0 Å². The van der Waals surface area contributed by atoms with Gasteiger partial charge < -0.3 is 19.5 Å². The van der Waals surface area contributed by atoms with Crippen LogP contribution in [0.5, 0.6) is 5.75 Å². The standard InChI is InChI=1S/C14H24BNO4/c1-4-16(8-9-20-5-2)11-12-6-7-14(19-3)13(10-12)15(17)18/h6-7,10,17-18H,4-5,8-9,11H2,1-3H3. The van der Waals surface area contributed by atoms with Gasteiger partial charge in [0.1, 0.15) is 5.75 Å². The molecule has 0 unspecified atom stereocenters. The number of ether oxygens (including phenoxy) is 2. The van der Waals surface area contributed by atoms with E-state index in [1.807, 2.05) is 13.0 Å². The first-order valence-electron chi connectivity index (χ1n) is 6.95. The van der Waals surface area contributed by atoms with Crippen molar-refractivity contribution in [1.82, 2.24) is 4.90 Å². The van der Waals surface area contributed by atoms with E-state index in [4.69, 9.17) is 9.47 Å². The summed E-state index contributed by atoms with van der Waals surface area (Å²) in [5.41, 5.74) is 1.41. The van der Waals surface area contributed by atoms with Crippen LogP contribution in [-0.2, 0) is 11.3 Å². The third-order valence-corrected chi connectivity index (χ3v) is 3.18. The molecule has 0 saturated heterocycles. The van der Waals surface area contributed by atoms with Gasteiger partial charge >= 0.3 is 7.12 Å². The lowest BCUT2D eigenvalue weighted by atomic mass is 9.78. The highest BCUT2D eigenvalue weighted by Crippen LogP contribution is 2.12. The van der Waals surface area contributed by atoms with Gasteiger partial charge in [-0.05, 0) is 25.1 Å². The summed E-state index contributed by atoms with van der Waals surface area (Å²) in [6.07, 6.45) is 0. The first-order chi connectivity index (χ1) is 9.62. The summed E-state index contributed by atoms with van der Waals surface area (Å²) in [5.74, 6) is 0.487. The van der Waals surface area contributed by atoms with Crippen LogP contribution in [0.25, 0.3) is 0 Å². The third-order valence-electron chi connectivity index (χ3n) is 3.18. The summed E-state index contributed by atoms with van der Waals surface area (Å²) in [6, 6.07) is 5.47. The molecule has 0 radical (unpaired) electrons. The van der Waals surface area contributed by atoms with E-state index in [2.05, 4.69) is 11.8 Å². The van der Waals surface area contributed by atoms with Crippen LogP contribution in [0.2, 0.25) is 0 Å². The highest BCUT2D eigenvalue weighted by molar-refractivity contribution is 6.59. The van der Waals surface area contributed by atoms with Crippen molar-refractivity contribution in [2.45, 2.75) is 20.4 Å². The molecule has 6 heteroatoms. The van der Waals surface area contributed by atoms with E-state index in [-0.39, 0.29) is 0 Å². The molecule has 0 heterocycles. The topological polar surface area (TPSA) is 62.2 Å². The number of methoxy groups -OCH3 is 1. The number of likely N-dealkylation sites (N-methyl/N-ethyl adjacent to an activating group) is 1. The van der Waals surface area contributed by atoms with Gasteiger partial charge in [0.05, 0.1) is 13.7 Å². The fourth-order valence-corrected chi connectivity index (χ4v) is 2.03. The average molecular weight is 281 g/mol. The molecule has 0 aliphatic rings. The van der Waals surface area contributed by atoms with Crippen molar-refractivity contribution in [2.24, 2.45) is 0 Å². The molecule has 0 aliphatic heterocycles. The Labute approximate surface area is 121 Å². The molecular formula is C14H24BNO4. The molecule has 1 rings (SSSR count). The Hall–Kier alpha value is -1.08. The largest absolute Gasteiger partial charge is 0.497 e. The maximum absolute atomic E-state index is 9.37. The minimum Gasteiger partial charge on any atom is -0.497 e. The summed E-state index contributed by atoms with van der Waals surface area (Å²) < 4.78 is 10.5. The third kappa shape index (κ3) is 5.13. The lowest BCUT2D eigenvalue weighted by molar-refractivity contribution is 0.113. The molecule has 0 fully saturated rings. The molecule has 112 valence electrons. The molecule has 0 aromatic heterocycles. The van der Waals surface area contributed by atoms with E-state index in [0.29, 0.717) is 17.8 Å². The van der Waals surface area contributed by atoms with Gasteiger partial charge in [0, 0.05) is 25.2 Å². The first-order valence-corrected chi connectivity index (χ1v) is 6.95. The van der Waals surface area contributed by atoms with E-state index < -0.39 is 7.12 Å². The van der Waals surface area contributed by atoms with Crippen LogP contribution < -0.4 is 10.2 Å². The minimum absolute atomic E-state index is 0.394. The van der Waals surface area contributed by atoms with Gasteiger partial charge in [0.2, 0.25) is 0 Å². The van der Waals surface area contributed by atoms with Crippen LogP contribution in [0.3, 0.4) is 0 Å². The zero-order valence-corrected chi connectivity index (χ0v) is 12.5. The SMILES string of the molecule is CCOCCN(CC)Cc1ccc(OC)c(B(O)O)c1. The summed E-state index contributed by atoms with van der Waals surface area (Å²) in [5, 5.41) is 18.7. The number of hydrogen-bond donors (Lipinski definition) is 2. The molecule has 0 saturated carbocycles. The fourth-order valence-electron chi connectivity index (χ4n) is 2.03. The van der Waals surface area contributed by atoms with Crippen LogP contribution >= 0.6 is 0 Å². The molecular weight excluding hydrogens is 257 g/mol. The zero-order valence-electron chi connectivity index (χ0n) is 12.5. The minimum atomic E-state index is -1.52. The van der Waals surface area contributed by atoms with Crippen LogP contribution in [0.1, 0.15) is 19.4 Å². The van der Waals surface area contributed by atoms with Gasteiger partial charge in [-0.3, -0.25) is 4.90 Å². The van der Waals surface area contributed by atoms with E-state index in [9.17, 15) is 10.0 Å². The molecule has 1 aromatic rings. The quantitative estimate of drug-likeness (QED) is 0.501. The maximum Gasteiger partial charge on any atom is 0.492 e. The van der Waals surface area contributed by atoms with Gasteiger partial charge in [0.25, 0.3) is 0 Å². The summed E-state index contributed by atoms with van der Waals surface area (Å²) >= 11 is 0. The van der Waals surface area contributed by atoms with Crippen LogP contribution in [-0.4, -0.2) is 55.5 Å². The predicted octanol–water partition coefficient (Wildman–Crippen LogP) is 0.233. The molecule has 20 heavy (non-hydrogen) atoms. The Kier molecular flexibility index (Phi) is 7.61. The molecule has 0 amide bonds. The molecule has 0 spiro atoms. The van der Waals surface area contributed by atoms with Crippen molar-refractivity contribution in [3.05, 3.63) is 23.8 Å². The van der Waals surface area contributed by atoms with Crippen molar-refractivity contribution >= 4 is 12.6 Å². The Balaban J connectivity index is 2.72. The summed E-state index contributed by atoms with van der Waals surface area (Å²) in [7, 11) is -0.00943. The van der Waals surface area contributed by atoms with Gasteiger partial charge in [-0.25, -0.2) is 0 Å². The molecule has 0 bridgehead atoms. The zero-order chi connectivity index (χ0) is 15.0.